The van der Waals surface area contributed by atoms with Crippen LogP contribution in [-0.2, 0) is 9.53 Å². The molecule has 0 unspecified atom stereocenters. The molecule has 26 heavy (non-hydrogen) atoms. The summed E-state index contributed by atoms with van der Waals surface area (Å²) in [5, 5.41) is 0. The molecule has 3 aromatic rings. The highest BCUT2D eigenvalue weighted by atomic mass is 16.5. The third-order valence-corrected chi connectivity index (χ3v) is 5.31. The summed E-state index contributed by atoms with van der Waals surface area (Å²) in [4.78, 5) is 18.9. The summed E-state index contributed by atoms with van der Waals surface area (Å²) in [5.74, 6) is 0.165. The molecule has 2 atom stereocenters. The zero-order valence-corrected chi connectivity index (χ0v) is 15.1. The first-order valence-corrected chi connectivity index (χ1v) is 9.02. The third kappa shape index (κ3) is 2.99. The van der Waals surface area contributed by atoms with Crippen molar-refractivity contribution in [3.8, 4) is 5.69 Å². The van der Waals surface area contributed by atoms with Crippen LogP contribution in [0.3, 0.4) is 0 Å². The van der Waals surface area contributed by atoms with E-state index >= 15 is 0 Å². The molecular formula is C21H23N3O2. The molecule has 5 nitrogen and oxygen atoms in total. The molecule has 0 radical (unpaired) electrons. The first kappa shape index (κ1) is 16.8. The number of benzene rings is 2. The average Bonchev–Trinajstić information content (AvgIpc) is 3.36. The Kier molecular flexibility index (Phi) is 4.47. The van der Waals surface area contributed by atoms with Gasteiger partial charge in [-0.3, -0.25) is 9.36 Å². The number of hydrogen-bond acceptors (Lipinski definition) is 3. The summed E-state index contributed by atoms with van der Waals surface area (Å²) in [6, 6.07) is 16.4. The Morgan fingerprint density at radius 2 is 2.00 bits per heavy atom. The molecule has 0 saturated carbocycles. The van der Waals surface area contributed by atoms with Crippen LogP contribution in [0, 0.1) is 5.92 Å². The van der Waals surface area contributed by atoms with Crippen LogP contribution in [0.5, 0.6) is 0 Å². The molecule has 1 fully saturated rings. The molecule has 5 heteroatoms. The van der Waals surface area contributed by atoms with Gasteiger partial charge in [-0.2, -0.15) is 0 Å². The van der Waals surface area contributed by atoms with E-state index in [1.807, 2.05) is 36.5 Å². The normalized spacial score (nSPS) is 18.2. The number of fused-ring (bicyclic) bond motifs is 1. The van der Waals surface area contributed by atoms with Crippen LogP contribution in [0.1, 0.15) is 24.9 Å². The minimum Gasteiger partial charge on any atom is -0.381 e. The van der Waals surface area contributed by atoms with E-state index in [1.165, 1.54) is 0 Å². The highest BCUT2D eigenvalue weighted by Gasteiger charge is 2.28. The first-order valence-electron chi connectivity index (χ1n) is 9.02. The van der Waals surface area contributed by atoms with Crippen LogP contribution in [0.25, 0.3) is 16.7 Å². The maximum absolute atomic E-state index is 12.6. The second-order valence-corrected chi connectivity index (χ2v) is 6.88. The zero-order valence-electron chi connectivity index (χ0n) is 15.1. The number of aromatic nitrogens is 2. The molecule has 1 amide bonds. The fraction of sp³-hybridized carbons (Fsp3) is 0.333. The van der Waals surface area contributed by atoms with E-state index in [9.17, 15) is 4.79 Å². The van der Waals surface area contributed by atoms with Gasteiger partial charge in [0.2, 0.25) is 5.91 Å². The number of imidazole rings is 1. The predicted octanol–water partition coefficient (Wildman–Crippen LogP) is 3.58. The van der Waals surface area contributed by atoms with Crippen molar-refractivity contribution in [3.05, 3.63) is 60.4 Å². The van der Waals surface area contributed by atoms with Crippen LogP contribution in [0.4, 0.5) is 0 Å². The minimum absolute atomic E-state index is 0.000892. The number of rotatable bonds is 4. The van der Waals surface area contributed by atoms with E-state index in [4.69, 9.17) is 4.74 Å². The summed E-state index contributed by atoms with van der Waals surface area (Å²) >= 11 is 0. The van der Waals surface area contributed by atoms with Crippen molar-refractivity contribution in [1.82, 2.24) is 14.5 Å². The van der Waals surface area contributed by atoms with Gasteiger partial charge in [0.1, 0.15) is 6.33 Å². The molecule has 1 saturated heterocycles. The standard InChI is InChI=1S/C21H23N3O2/c1-15(23(2)21(25)17-11-12-26-13-17)16-7-9-18(10-8-16)24-14-22-19-5-3-4-6-20(19)24/h3-10,14-15,17H,11-13H2,1-2H3/t15-,17+/m1/s1. The van der Waals surface area contributed by atoms with Gasteiger partial charge < -0.3 is 9.64 Å². The molecule has 0 bridgehead atoms. The number of para-hydroxylation sites is 2. The van der Waals surface area contributed by atoms with Crippen molar-refractivity contribution in [2.24, 2.45) is 5.92 Å². The van der Waals surface area contributed by atoms with Gasteiger partial charge in [-0.25, -0.2) is 4.98 Å². The summed E-state index contributed by atoms with van der Waals surface area (Å²) in [7, 11) is 1.88. The van der Waals surface area contributed by atoms with Gasteiger partial charge in [-0.1, -0.05) is 24.3 Å². The highest BCUT2D eigenvalue weighted by Crippen LogP contribution is 2.25. The zero-order chi connectivity index (χ0) is 18.1. The van der Waals surface area contributed by atoms with Crippen LogP contribution in [0.15, 0.2) is 54.9 Å². The van der Waals surface area contributed by atoms with Gasteiger partial charge in [-0.15, -0.1) is 0 Å². The van der Waals surface area contributed by atoms with Gasteiger partial charge >= 0.3 is 0 Å². The summed E-state index contributed by atoms with van der Waals surface area (Å²) in [5.41, 5.74) is 4.25. The first-order chi connectivity index (χ1) is 12.6. The Morgan fingerprint density at radius 3 is 2.73 bits per heavy atom. The van der Waals surface area contributed by atoms with Crippen molar-refractivity contribution in [3.63, 3.8) is 0 Å². The molecular weight excluding hydrogens is 326 g/mol. The van der Waals surface area contributed by atoms with E-state index in [0.29, 0.717) is 13.2 Å². The second-order valence-electron chi connectivity index (χ2n) is 6.88. The summed E-state index contributed by atoms with van der Waals surface area (Å²) < 4.78 is 7.43. The largest absolute Gasteiger partial charge is 0.381 e. The Bertz CT molecular complexity index is 910. The van der Waals surface area contributed by atoms with E-state index in [1.54, 1.807) is 0 Å². The molecule has 1 aromatic heterocycles. The molecule has 134 valence electrons. The Hall–Kier alpha value is -2.66. The monoisotopic (exact) mass is 349 g/mol. The van der Waals surface area contributed by atoms with Crippen LogP contribution < -0.4 is 0 Å². The van der Waals surface area contributed by atoms with Gasteiger partial charge in [0.25, 0.3) is 0 Å². The fourth-order valence-corrected chi connectivity index (χ4v) is 3.51. The van der Waals surface area contributed by atoms with Gasteiger partial charge in [0.15, 0.2) is 0 Å². The lowest BCUT2D eigenvalue weighted by atomic mass is 10.0. The lowest BCUT2D eigenvalue weighted by Crippen LogP contribution is -2.35. The van der Waals surface area contributed by atoms with Gasteiger partial charge in [-0.05, 0) is 43.2 Å². The highest BCUT2D eigenvalue weighted by molar-refractivity contribution is 5.79. The number of nitrogens with zero attached hydrogens (tertiary/aromatic N) is 3. The van der Waals surface area contributed by atoms with Crippen molar-refractivity contribution >= 4 is 16.9 Å². The Labute approximate surface area is 153 Å². The SMILES string of the molecule is C[C@H](c1ccc(-n2cnc3ccccc32)cc1)N(C)C(=O)[C@H]1CCOC1. The van der Waals surface area contributed by atoms with Crippen molar-refractivity contribution in [2.45, 2.75) is 19.4 Å². The van der Waals surface area contributed by atoms with Crippen LogP contribution >= 0.6 is 0 Å². The third-order valence-electron chi connectivity index (χ3n) is 5.31. The summed E-state index contributed by atoms with van der Waals surface area (Å²) in [6.07, 6.45) is 2.67. The van der Waals surface area contributed by atoms with E-state index in [0.717, 1.165) is 28.7 Å². The molecule has 4 rings (SSSR count). The van der Waals surface area contributed by atoms with Crippen LogP contribution in [-0.4, -0.2) is 40.6 Å². The average molecular weight is 349 g/mol. The molecule has 1 aliphatic heterocycles. The second kappa shape index (κ2) is 6.92. The number of ether oxygens (including phenoxy) is 1. The topological polar surface area (TPSA) is 47.4 Å². The maximum atomic E-state index is 12.6. The Morgan fingerprint density at radius 1 is 1.23 bits per heavy atom. The smallest absolute Gasteiger partial charge is 0.228 e. The number of hydrogen-bond donors (Lipinski definition) is 0. The van der Waals surface area contributed by atoms with Crippen molar-refractivity contribution in [1.29, 1.82) is 0 Å². The quantitative estimate of drug-likeness (QED) is 0.723. The van der Waals surface area contributed by atoms with E-state index in [-0.39, 0.29) is 17.9 Å². The maximum Gasteiger partial charge on any atom is 0.228 e. The van der Waals surface area contributed by atoms with E-state index in [2.05, 4.69) is 46.8 Å². The lowest BCUT2D eigenvalue weighted by Gasteiger charge is -2.27. The van der Waals surface area contributed by atoms with Crippen molar-refractivity contribution < 1.29 is 9.53 Å². The van der Waals surface area contributed by atoms with Gasteiger partial charge in [0, 0.05) is 19.3 Å². The molecule has 2 aromatic carbocycles. The molecule has 1 aliphatic rings. The minimum atomic E-state index is -0.000892. The molecule has 0 N–H and O–H groups in total. The fourth-order valence-electron chi connectivity index (χ4n) is 3.51. The van der Waals surface area contributed by atoms with Crippen LogP contribution in [0.2, 0.25) is 0 Å². The number of carbonyl (C=O) groups excluding carboxylic acids is 1. The van der Waals surface area contributed by atoms with E-state index < -0.39 is 0 Å². The molecule has 0 spiro atoms. The lowest BCUT2D eigenvalue weighted by molar-refractivity contribution is -0.136. The molecule has 0 aliphatic carbocycles. The Balaban J connectivity index is 1.54. The van der Waals surface area contributed by atoms with Gasteiger partial charge in [0.05, 0.1) is 29.6 Å². The number of carbonyl (C=O) groups is 1. The predicted molar refractivity (Wildman–Crippen MR) is 101 cm³/mol. The van der Waals surface area contributed by atoms with Crippen molar-refractivity contribution in [2.75, 3.05) is 20.3 Å². The summed E-state index contributed by atoms with van der Waals surface area (Å²) in [6.45, 7) is 3.30. The molecule has 2 heterocycles. The number of amides is 1.